The molecule has 5 nitrogen and oxygen atoms in total. The highest BCUT2D eigenvalue weighted by Crippen LogP contribution is 2.36. The number of nitro benzene ring substituents is 1. The quantitative estimate of drug-likeness (QED) is 0.364. The molecule has 0 heterocycles. The molecular weight excluding hydrogens is 306 g/mol. The predicted octanol–water partition coefficient (Wildman–Crippen LogP) is 2.68. The largest absolute Gasteiger partial charge is 0.416 e. The predicted molar refractivity (Wildman–Crippen MR) is 51.1 cm³/mol. The lowest BCUT2D eigenvalue weighted by Gasteiger charge is -2.08. The van der Waals surface area contributed by atoms with E-state index in [-0.39, 0.29) is 12.1 Å². The second-order valence-corrected chi connectivity index (χ2v) is 5.53. The van der Waals surface area contributed by atoms with Crippen LogP contribution in [0.2, 0.25) is 0 Å². The van der Waals surface area contributed by atoms with Gasteiger partial charge in [0.15, 0.2) is 0 Å². The Balaban J connectivity index is 3.74. The molecule has 11 heteroatoms. The molecule has 0 radical (unpaired) electrons. The first kappa shape index (κ1) is 14.6. The van der Waals surface area contributed by atoms with Crippen molar-refractivity contribution < 1.29 is 30.9 Å². The minimum Gasteiger partial charge on any atom is -0.258 e. The third-order valence-corrected chi connectivity index (χ3v) is 3.13. The summed E-state index contributed by atoms with van der Waals surface area (Å²) in [5.41, 5.74) is -3.31. The molecule has 0 spiro atoms. The molecule has 0 saturated carbocycles. The number of nitro groups is 1. The number of benzene rings is 1. The number of hydrogen-bond donors (Lipinski definition) is 0. The maximum absolute atomic E-state index is 13.3. The summed E-state index contributed by atoms with van der Waals surface area (Å²) in [6, 6.07) is -0.217. The van der Waals surface area contributed by atoms with Gasteiger partial charge in [-0.1, -0.05) is 0 Å². The van der Waals surface area contributed by atoms with Crippen molar-refractivity contribution in [1.82, 2.24) is 0 Å². The highest BCUT2D eigenvalue weighted by Gasteiger charge is 2.37. The zero-order valence-electron chi connectivity index (χ0n) is 8.03. The molecule has 0 saturated heterocycles. The van der Waals surface area contributed by atoms with Gasteiger partial charge in [0, 0.05) is 16.7 Å². The van der Waals surface area contributed by atoms with Crippen LogP contribution in [0.5, 0.6) is 0 Å². The first-order valence-electron chi connectivity index (χ1n) is 3.94. The standard InChI is InChI=1S/C7H2ClF4NO4S/c8-18(16,17)5-2-3(7(10,11)12)1-4(6(5)9)13(14)15/h1-2H. The Morgan fingerprint density at radius 2 is 1.78 bits per heavy atom. The molecule has 0 fully saturated rings. The molecule has 18 heavy (non-hydrogen) atoms. The van der Waals surface area contributed by atoms with Gasteiger partial charge in [-0.3, -0.25) is 10.1 Å². The molecule has 0 aromatic heterocycles. The van der Waals surface area contributed by atoms with Gasteiger partial charge in [-0.2, -0.15) is 17.6 Å². The van der Waals surface area contributed by atoms with E-state index in [1.165, 1.54) is 0 Å². The van der Waals surface area contributed by atoms with Crippen molar-refractivity contribution in [2.45, 2.75) is 11.1 Å². The maximum Gasteiger partial charge on any atom is 0.416 e. The molecule has 0 bridgehead atoms. The average Bonchev–Trinajstić information content (AvgIpc) is 2.13. The van der Waals surface area contributed by atoms with Crippen LogP contribution >= 0.6 is 10.7 Å². The highest BCUT2D eigenvalue weighted by atomic mass is 35.7. The Bertz CT molecular complexity index is 613. The Morgan fingerprint density at radius 1 is 1.28 bits per heavy atom. The third-order valence-electron chi connectivity index (χ3n) is 1.81. The molecule has 1 aromatic rings. The molecule has 0 aliphatic carbocycles. The van der Waals surface area contributed by atoms with Crippen molar-refractivity contribution in [2.75, 3.05) is 0 Å². The van der Waals surface area contributed by atoms with Crippen molar-refractivity contribution in [2.24, 2.45) is 0 Å². The van der Waals surface area contributed by atoms with Crippen LogP contribution in [0.25, 0.3) is 0 Å². The van der Waals surface area contributed by atoms with Gasteiger partial charge in [-0.25, -0.2) is 8.42 Å². The van der Waals surface area contributed by atoms with Crippen LogP contribution in [0, 0.1) is 15.9 Å². The number of nitrogens with zero attached hydrogens (tertiary/aromatic N) is 1. The van der Waals surface area contributed by atoms with Gasteiger partial charge >= 0.3 is 11.9 Å². The number of alkyl halides is 3. The van der Waals surface area contributed by atoms with Crippen LogP contribution in [-0.4, -0.2) is 13.3 Å². The summed E-state index contributed by atoms with van der Waals surface area (Å²) < 4.78 is 72.0. The van der Waals surface area contributed by atoms with Crippen LogP contribution in [-0.2, 0) is 15.2 Å². The van der Waals surface area contributed by atoms with E-state index in [1.807, 2.05) is 0 Å². The Hall–Kier alpha value is -1.42. The topological polar surface area (TPSA) is 77.3 Å². The second-order valence-electron chi connectivity index (χ2n) is 3.00. The van der Waals surface area contributed by atoms with Crippen molar-refractivity contribution in [1.29, 1.82) is 0 Å². The van der Waals surface area contributed by atoms with E-state index < -0.39 is 42.1 Å². The van der Waals surface area contributed by atoms with Gasteiger partial charge in [0.25, 0.3) is 9.05 Å². The zero-order chi connectivity index (χ0) is 14.3. The smallest absolute Gasteiger partial charge is 0.258 e. The molecule has 1 aromatic carbocycles. The molecule has 0 N–H and O–H groups in total. The molecule has 0 aliphatic heterocycles. The van der Waals surface area contributed by atoms with Gasteiger partial charge in [0.2, 0.25) is 5.82 Å². The van der Waals surface area contributed by atoms with E-state index in [2.05, 4.69) is 0 Å². The maximum atomic E-state index is 13.3. The van der Waals surface area contributed by atoms with Gasteiger partial charge in [-0.15, -0.1) is 0 Å². The fourth-order valence-corrected chi connectivity index (χ4v) is 1.98. The van der Waals surface area contributed by atoms with E-state index in [0.29, 0.717) is 0 Å². The third kappa shape index (κ3) is 2.88. The van der Waals surface area contributed by atoms with Crippen LogP contribution in [0.15, 0.2) is 17.0 Å². The van der Waals surface area contributed by atoms with Crippen molar-refractivity contribution in [3.05, 3.63) is 33.6 Å². The minimum atomic E-state index is -5.07. The SMILES string of the molecule is O=[N+]([O-])c1cc(C(F)(F)F)cc(S(=O)(=O)Cl)c1F. The number of rotatable bonds is 2. The minimum absolute atomic E-state index is 0.106. The van der Waals surface area contributed by atoms with Gasteiger partial charge < -0.3 is 0 Å². The fourth-order valence-electron chi connectivity index (χ4n) is 1.06. The lowest BCUT2D eigenvalue weighted by atomic mass is 10.2. The lowest BCUT2D eigenvalue weighted by molar-refractivity contribution is -0.388. The van der Waals surface area contributed by atoms with Crippen molar-refractivity contribution in [3.8, 4) is 0 Å². The van der Waals surface area contributed by atoms with Crippen molar-refractivity contribution >= 4 is 25.4 Å². The Labute approximate surface area is 102 Å². The lowest BCUT2D eigenvalue weighted by Crippen LogP contribution is -2.10. The first-order valence-corrected chi connectivity index (χ1v) is 6.25. The number of hydrogen-bond acceptors (Lipinski definition) is 4. The molecule has 0 unspecified atom stereocenters. The summed E-state index contributed by atoms with van der Waals surface area (Å²) >= 11 is 0. The molecule has 0 atom stereocenters. The molecular formula is C7H2ClF4NO4S. The summed E-state index contributed by atoms with van der Waals surface area (Å²) in [4.78, 5) is 7.27. The zero-order valence-corrected chi connectivity index (χ0v) is 9.61. The van der Waals surface area contributed by atoms with E-state index >= 15 is 0 Å². The molecule has 0 amide bonds. The average molecular weight is 308 g/mol. The van der Waals surface area contributed by atoms with Crippen LogP contribution < -0.4 is 0 Å². The van der Waals surface area contributed by atoms with Gasteiger partial charge in [0.05, 0.1) is 10.5 Å². The fraction of sp³-hybridized carbons (Fsp3) is 0.143. The van der Waals surface area contributed by atoms with E-state index in [0.717, 1.165) is 0 Å². The summed E-state index contributed by atoms with van der Waals surface area (Å²) in [7, 11) is -0.175. The van der Waals surface area contributed by atoms with E-state index in [9.17, 15) is 36.1 Å². The van der Waals surface area contributed by atoms with Crippen LogP contribution in [0.3, 0.4) is 0 Å². The first-order chi connectivity index (χ1) is 7.94. The van der Waals surface area contributed by atoms with E-state index in [4.69, 9.17) is 10.7 Å². The number of halogens is 5. The summed E-state index contributed by atoms with van der Waals surface area (Å²) in [6.07, 6.45) is -5.07. The van der Waals surface area contributed by atoms with Gasteiger partial charge in [-0.05, 0) is 6.07 Å². The molecule has 100 valence electrons. The monoisotopic (exact) mass is 307 g/mol. The Kier molecular flexibility index (Phi) is 3.54. The summed E-state index contributed by atoms with van der Waals surface area (Å²) in [5.74, 6) is -1.94. The summed E-state index contributed by atoms with van der Waals surface area (Å²) in [5, 5.41) is 10.3. The highest BCUT2D eigenvalue weighted by molar-refractivity contribution is 8.13. The molecule has 1 rings (SSSR count). The van der Waals surface area contributed by atoms with Crippen LogP contribution in [0.1, 0.15) is 5.56 Å². The molecule has 0 aliphatic rings. The Morgan fingerprint density at radius 3 is 2.11 bits per heavy atom. The van der Waals surface area contributed by atoms with E-state index in [1.54, 1.807) is 0 Å². The normalized spacial score (nSPS) is 12.5. The second kappa shape index (κ2) is 4.35. The van der Waals surface area contributed by atoms with Crippen molar-refractivity contribution in [3.63, 3.8) is 0 Å². The summed E-state index contributed by atoms with van der Waals surface area (Å²) in [6.45, 7) is 0. The van der Waals surface area contributed by atoms with Gasteiger partial charge in [0.1, 0.15) is 4.90 Å². The van der Waals surface area contributed by atoms with Crippen LogP contribution in [0.4, 0.5) is 23.2 Å².